The molecule has 1 heterocycles. The van der Waals surface area contributed by atoms with Gasteiger partial charge in [-0.25, -0.2) is 0 Å². The van der Waals surface area contributed by atoms with Crippen LogP contribution >= 0.6 is 12.2 Å². The molecular formula is C22H20N4OS. The Balaban J connectivity index is 1.72. The lowest BCUT2D eigenvalue weighted by Crippen LogP contribution is -2.25. The average molecular weight is 388 g/mol. The molecular weight excluding hydrogens is 368 g/mol. The Morgan fingerprint density at radius 2 is 1.75 bits per heavy atom. The van der Waals surface area contributed by atoms with Crippen molar-refractivity contribution in [1.82, 2.24) is 10.4 Å². The summed E-state index contributed by atoms with van der Waals surface area (Å²) >= 11 is 5.34. The van der Waals surface area contributed by atoms with Gasteiger partial charge in [0.05, 0.1) is 12.8 Å². The molecule has 0 atom stereocenters. The Bertz CT molecular complexity index is 955. The second kappa shape index (κ2) is 9.99. The number of hydrazone groups is 1. The number of nitrogens with zero attached hydrogens (tertiary/aromatic N) is 2. The van der Waals surface area contributed by atoms with E-state index in [1.165, 1.54) is 0 Å². The summed E-state index contributed by atoms with van der Waals surface area (Å²) in [5.74, 6) is 0.783. The average Bonchev–Trinajstić information content (AvgIpc) is 2.75. The van der Waals surface area contributed by atoms with Crippen LogP contribution in [-0.4, -0.2) is 22.9 Å². The van der Waals surface area contributed by atoms with Gasteiger partial charge in [-0.05, 0) is 60.3 Å². The number of benzene rings is 2. The monoisotopic (exact) mass is 388 g/mol. The topological polar surface area (TPSA) is 58.5 Å². The maximum absolute atomic E-state index is 5.34. The van der Waals surface area contributed by atoms with E-state index in [0.29, 0.717) is 10.8 Å². The van der Waals surface area contributed by atoms with Gasteiger partial charge < -0.3 is 10.1 Å². The van der Waals surface area contributed by atoms with Gasteiger partial charge in [0.1, 0.15) is 11.5 Å². The minimum absolute atomic E-state index is 0.381. The third kappa shape index (κ3) is 5.75. The summed E-state index contributed by atoms with van der Waals surface area (Å²) in [5, 5.41) is 7.90. The quantitative estimate of drug-likeness (QED) is 0.370. The predicted molar refractivity (Wildman–Crippen MR) is 119 cm³/mol. The van der Waals surface area contributed by atoms with Crippen LogP contribution in [0.3, 0.4) is 0 Å². The van der Waals surface area contributed by atoms with Crippen LogP contribution in [0.15, 0.2) is 90.2 Å². The minimum atomic E-state index is 0.381. The summed E-state index contributed by atoms with van der Waals surface area (Å²) in [6, 6.07) is 23.2. The highest BCUT2D eigenvalue weighted by Gasteiger charge is 2.03. The molecule has 0 unspecified atom stereocenters. The van der Waals surface area contributed by atoms with E-state index in [2.05, 4.69) is 20.8 Å². The molecule has 28 heavy (non-hydrogen) atoms. The summed E-state index contributed by atoms with van der Waals surface area (Å²) in [6.45, 7) is 0. The molecule has 0 saturated carbocycles. The molecule has 0 aliphatic rings. The first-order valence-corrected chi connectivity index (χ1v) is 9.09. The van der Waals surface area contributed by atoms with Gasteiger partial charge in [0.15, 0.2) is 5.11 Å². The van der Waals surface area contributed by atoms with Crippen LogP contribution in [0, 0.1) is 0 Å². The fraction of sp³-hybridized carbons (Fsp3) is 0.0455. The molecule has 0 aliphatic heterocycles. The van der Waals surface area contributed by atoms with Crippen molar-refractivity contribution in [3.8, 4) is 5.75 Å². The third-order valence-electron chi connectivity index (χ3n) is 3.79. The largest absolute Gasteiger partial charge is 0.497 e. The van der Waals surface area contributed by atoms with E-state index < -0.39 is 0 Å². The summed E-state index contributed by atoms with van der Waals surface area (Å²) in [6.07, 6.45) is 5.62. The normalized spacial score (nSPS) is 11.2. The molecule has 2 aromatic carbocycles. The Morgan fingerprint density at radius 3 is 2.43 bits per heavy atom. The first-order valence-electron chi connectivity index (χ1n) is 8.68. The standard InChI is InChI=1S/C22H20N4OS/c1-27-19-13-11-18(12-14-19)24-22(28)26-25-21(20-9-5-6-16-23-20)15-10-17-7-3-2-4-8-17/h2-16H,1H3,(H2,24,26,28)/b15-10+,25-21+. The number of allylic oxidation sites excluding steroid dienone is 1. The van der Waals surface area contributed by atoms with Crippen molar-refractivity contribution in [1.29, 1.82) is 0 Å². The zero-order chi connectivity index (χ0) is 19.6. The molecule has 2 N–H and O–H groups in total. The molecule has 3 aromatic rings. The second-order valence-corrected chi connectivity index (χ2v) is 6.16. The van der Waals surface area contributed by atoms with Crippen LogP contribution in [0.1, 0.15) is 11.3 Å². The first-order chi connectivity index (χ1) is 13.7. The second-order valence-electron chi connectivity index (χ2n) is 5.75. The number of ether oxygens (including phenoxy) is 1. The highest BCUT2D eigenvalue weighted by Crippen LogP contribution is 2.14. The van der Waals surface area contributed by atoms with Crippen LogP contribution in [0.25, 0.3) is 6.08 Å². The van der Waals surface area contributed by atoms with Gasteiger partial charge in [0.2, 0.25) is 0 Å². The van der Waals surface area contributed by atoms with Crippen molar-refractivity contribution >= 4 is 34.8 Å². The SMILES string of the molecule is COc1ccc(NC(=S)N/N=C(\C=C\c2ccccc2)c2ccccn2)cc1. The van der Waals surface area contributed by atoms with E-state index in [9.17, 15) is 0 Å². The smallest absolute Gasteiger partial charge is 0.191 e. The Labute approximate surface area is 169 Å². The number of anilines is 1. The van der Waals surface area contributed by atoms with Crippen molar-refractivity contribution in [3.63, 3.8) is 0 Å². The summed E-state index contributed by atoms with van der Waals surface area (Å²) in [7, 11) is 1.63. The molecule has 0 radical (unpaired) electrons. The number of rotatable bonds is 6. The fourth-order valence-corrected chi connectivity index (χ4v) is 2.54. The number of nitrogens with one attached hydrogen (secondary N) is 2. The lowest BCUT2D eigenvalue weighted by atomic mass is 10.1. The highest BCUT2D eigenvalue weighted by atomic mass is 32.1. The molecule has 6 heteroatoms. The summed E-state index contributed by atoms with van der Waals surface area (Å²) in [4.78, 5) is 4.37. The van der Waals surface area contributed by atoms with Crippen molar-refractivity contribution in [2.75, 3.05) is 12.4 Å². The van der Waals surface area contributed by atoms with Crippen molar-refractivity contribution < 1.29 is 4.74 Å². The van der Waals surface area contributed by atoms with Crippen LogP contribution in [0.2, 0.25) is 0 Å². The van der Waals surface area contributed by atoms with E-state index in [1.807, 2.05) is 84.9 Å². The van der Waals surface area contributed by atoms with Gasteiger partial charge >= 0.3 is 0 Å². The van der Waals surface area contributed by atoms with E-state index in [4.69, 9.17) is 17.0 Å². The van der Waals surface area contributed by atoms with Crippen LogP contribution in [0.4, 0.5) is 5.69 Å². The zero-order valence-corrected chi connectivity index (χ0v) is 16.2. The summed E-state index contributed by atoms with van der Waals surface area (Å²) in [5.41, 5.74) is 6.21. The fourth-order valence-electron chi connectivity index (χ4n) is 2.38. The van der Waals surface area contributed by atoms with Crippen molar-refractivity contribution in [3.05, 3.63) is 96.3 Å². The van der Waals surface area contributed by atoms with Gasteiger partial charge in [-0.3, -0.25) is 10.4 Å². The molecule has 0 aliphatic carbocycles. The van der Waals surface area contributed by atoms with Gasteiger partial charge in [0.25, 0.3) is 0 Å². The van der Waals surface area contributed by atoms with Crippen LogP contribution < -0.4 is 15.5 Å². The predicted octanol–water partition coefficient (Wildman–Crippen LogP) is 4.49. The first kappa shape index (κ1) is 19.3. The number of hydrogen-bond donors (Lipinski definition) is 2. The maximum Gasteiger partial charge on any atom is 0.191 e. The van der Waals surface area contributed by atoms with Gasteiger partial charge in [-0.2, -0.15) is 5.10 Å². The lowest BCUT2D eigenvalue weighted by Gasteiger charge is -2.09. The highest BCUT2D eigenvalue weighted by molar-refractivity contribution is 7.80. The zero-order valence-electron chi connectivity index (χ0n) is 15.4. The van der Waals surface area contributed by atoms with E-state index in [-0.39, 0.29) is 0 Å². The Hall–Kier alpha value is -3.51. The molecule has 0 spiro atoms. The van der Waals surface area contributed by atoms with E-state index in [1.54, 1.807) is 13.3 Å². The number of methoxy groups -OCH3 is 1. The molecule has 1 aromatic heterocycles. The van der Waals surface area contributed by atoms with Crippen molar-refractivity contribution in [2.45, 2.75) is 0 Å². The van der Waals surface area contributed by atoms with Gasteiger partial charge in [0, 0.05) is 11.9 Å². The Morgan fingerprint density at radius 1 is 1.00 bits per heavy atom. The number of pyridine rings is 1. The number of hydrogen-bond acceptors (Lipinski definition) is 4. The molecule has 0 bridgehead atoms. The number of thiocarbonyl (C=S) groups is 1. The summed E-state index contributed by atoms with van der Waals surface area (Å²) < 4.78 is 5.15. The number of aromatic nitrogens is 1. The maximum atomic E-state index is 5.34. The molecule has 0 fully saturated rings. The van der Waals surface area contributed by atoms with Crippen LogP contribution in [-0.2, 0) is 0 Å². The van der Waals surface area contributed by atoms with Crippen LogP contribution in [0.5, 0.6) is 5.75 Å². The van der Waals surface area contributed by atoms with Gasteiger partial charge in [-0.1, -0.05) is 42.5 Å². The minimum Gasteiger partial charge on any atom is -0.497 e. The Kier molecular flexibility index (Phi) is 6.87. The molecule has 0 saturated heterocycles. The molecule has 5 nitrogen and oxygen atoms in total. The molecule has 0 amide bonds. The third-order valence-corrected chi connectivity index (χ3v) is 3.98. The van der Waals surface area contributed by atoms with E-state index >= 15 is 0 Å². The lowest BCUT2D eigenvalue weighted by molar-refractivity contribution is 0.415. The molecule has 3 rings (SSSR count). The van der Waals surface area contributed by atoms with E-state index in [0.717, 1.165) is 22.7 Å². The molecule has 140 valence electrons. The van der Waals surface area contributed by atoms with Crippen molar-refractivity contribution in [2.24, 2.45) is 5.10 Å². The van der Waals surface area contributed by atoms with Gasteiger partial charge in [-0.15, -0.1) is 0 Å².